The molecule has 6 heteroatoms. The van der Waals surface area contributed by atoms with Crippen LogP contribution in [0.4, 0.5) is 5.69 Å². The third-order valence-corrected chi connectivity index (χ3v) is 5.17. The maximum atomic E-state index is 13.0. The lowest BCUT2D eigenvalue weighted by Crippen LogP contribution is -2.49. The van der Waals surface area contributed by atoms with E-state index in [1.54, 1.807) is 12.1 Å². The van der Waals surface area contributed by atoms with E-state index in [0.29, 0.717) is 19.5 Å². The molecule has 3 rings (SSSR count). The van der Waals surface area contributed by atoms with Crippen molar-refractivity contribution in [3.63, 3.8) is 0 Å². The summed E-state index contributed by atoms with van der Waals surface area (Å²) < 4.78 is 5.16. The third kappa shape index (κ3) is 6.22. The minimum Gasteiger partial charge on any atom is -0.459 e. The average molecular weight is 420 g/mol. The molecule has 2 aromatic carbocycles. The van der Waals surface area contributed by atoms with Crippen molar-refractivity contribution in [3.05, 3.63) is 89.9 Å². The number of para-hydroxylation sites is 1. The summed E-state index contributed by atoms with van der Waals surface area (Å²) in [6, 6.07) is 20.4. The Kier molecular flexibility index (Phi) is 7.87. The fourth-order valence-corrected chi connectivity index (χ4v) is 3.50. The Morgan fingerprint density at radius 3 is 2.42 bits per heavy atom. The van der Waals surface area contributed by atoms with Gasteiger partial charge in [0.05, 0.1) is 6.26 Å². The Hall–Kier alpha value is -3.54. The van der Waals surface area contributed by atoms with Gasteiger partial charge in [-0.2, -0.15) is 0 Å². The van der Waals surface area contributed by atoms with E-state index in [9.17, 15) is 9.59 Å². The highest BCUT2D eigenvalue weighted by atomic mass is 16.3. The van der Waals surface area contributed by atoms with Gasteiger partial charge in [-0.25, -0.2) is 0 Å². The number of carbonyl (C=O) groups is 2. The predicted molar refractivity (Wildman–Crippen MR) is 122 cm³/mol. The lowest BCUT2D eigenvalue weighted by atomic mass is 10.0. The van der Waals surface area contributed by atoms with Crippen LogP contribution in [0.5, 0.6) is 0 Å². The number of carbonyl (C=O) groups excluding carboxylic acids is 2. The smallest absolute Gasteiger partial charge is 0.287 e. The molecular formula is C25H29N3O3. The Balaban J connectivity index is 1.63. The second-order valence-corrected chi connectivity index (χ2v) is 7.35. The van der Waals surface area contributed by atoms with Crippen LogP contribution in [0, 0.1) is 6.92 Å². The molecule has 3 aromatic rings. The van der Waals surface area contributed by atoms with Crippen LogP contribution in [-0.2, 0) is 11.2 Å². The molecule has 0 fully saturated rings. The number of anilines is 1. The highest BCUT2D eigenvalue weighted by Gasteiger charge is 2.23. The van der Waals surface area contributed by atoms with Crippen molar-refractivity contribution in [2.24, 2.45) is 0 Å². The topological polar surface area (TPSA) is 74.6 Å². The van der Waals surface area contributed by atoms with Crippen LogP contribution in [0.3, 0.4) is 0 Å². The number of aryl methyl sites for hydroxylation is 1. The number of nitrogens with zero attached hydrogens (tertiary/aromatic N) is 1. The molecule has 0 aliphatic rings. The number of likely N-dealkylation sites (N-methyl/N-ethyl adjacent to an activating group) is 1. The summed E-state index contributed by atoms with van der Waals surface area (Å²) in [7, 11) is 0. The van der Waals surface area contributed by atoms with Crippen LogP contribution in [0.1, 0.15) is 28.6 Å². The maximum absolute atomic E-state index is 13.0. The summed E-state index contributed by atoms with van der Waals surface area (Å²) in [4.78, 5) is 27.6. The third-order valence-electron chi connectivity index (χ3n) is 5.17. The highest BCUT2D eigenvalue weighted by Crippen LogP contribution is 2.18. The molecule has 1 aromatic heterocycles. The normalized spacial score (nSPS) is 11.5. The zero-order valence-corrected chi connectivity index (χ0v) is 18.0. The summed E-state index contributed by atoms with van der Waals surface area (Å²) >= 11 is 0. The van der Waals surface area contributed by atoms with Crippen LogP contribution >= 0.6 is 0 Å². The number of amides is 2. The molecule has 2 N–H and O–H groups in total. The molecule has 0 bridgehead atoms. The number of rotatable bonds is 10. The molecule has 1 atom stereocenters. The van der Waals surface area contributed by atoms with Crippen molar-refractivity contribution in [2.45, 2.75) is 26.3 Å². The molecule has 0 spiro atoms. The van der Waals surface area contributed by atoms with Gasteiger partial charge in [0.15, 0.2) is 5.76 Å². The molecule has 31 heavy (non-hydrogen) atoms. The lowest BCUT2D eigenvalue weighted by molar-refractivity contribution is -0.122. The van der Waals surface area contributed by atoms with Crippen molar-refractivity contribution in [1.29, 1.82) is 0 Å². The SMILES string of the molecule is CCN(CCNC(=O)C(Cc1ccccc1)NC(=O)c1ccco1)c1ccccc1C. The molecule has 0 saturated heterocycles. The van der Waals surface area contributed by atoms with Crippen molar-refractivity contribution in [2.75, 3.05) is 24.5 Å². The second-order valence-electron chi connectivity index (χ2n) is 7.35. The fourth-order valence-electron chi connectivity index (χ4n) is 3.50. The molecule has 0 aliphatic heterocycles. The highest BCUT2D eigenvalue weighted by molar-refractivity contribution is 5.95. The molecule has 162 valence electrons. The van der Waals surface area contributed by atoms with Crippen molar-refractivity contribution in [3.8, 4) is 0 Å². The Bertz CT molecular complexity index is 971. The van der Waals surface area contributed by atoms with Crippen molar-refractivity contribution in [1.82, 2.24) is 10.6 Å². The summed E-state index contributed by atoms with van der Waals surface area (Å²) in [6.07, 6.45) is 1.83. The Labute approximate surface area is 183 Å². The van der Waals surface area contributed by atoms with Gasteiger partial charge in [-0.3, -0.25) is 9.59 Å². The van der Waals surface area contributed by atoms with Crippen molar-refractivity contribution >= 4 is 17.5 Å². The van der Waals surface area contributed by atoms with E-state index in [1.165, 1.54) is 11.8 Å². The minimum atomic E-state index is -0.700. The largest absolute Gasteiger partial charge is 0.459 e. The van der Waals surface area contributed by atoms with Gasteiger partial charge in [0.1, 0.15) is 6.04 Å². The number of nitrogens with one attached hydrogen (secondary N) is 2. The lowest BCUT2D eigenvalue weighted by Gasteiger charge is -2.25. The van der Waals surface area contributed by atoms with Gasteiger partial charge in [-0.15, -0.1) is 0 Å². The molecule has 1 heterocycles. The predicted octanol–water partition coefficient (Wildman–Crippen LogP) is 3.57. The second kappa shape index (κ2) is 11.0. The van der Waals surface area contributed by atoms with Crippen LogP contribution in [0.15, 0.2) is 77.4 Å². The van der Waals surface area contributed by atoms with Gasteiger partial charge in [0.25, 0.3) is 5.91 Å². The minimum absolute atomic E-state index is 0.183. The summed E-state index contributed by atoms with van der Waals surface area (Å²) in [6.45, 7) is 6.16. The van der Waals surface area contributed by atoms with Gasteiger partial charge in [0.2, 0.25) is 5.91 Å². The standard InChI is InChI=1S/C25H29N3O3/c1-3-28(22-13-8-7-10-19(22)2)16-15-26-24(29)21(18-20-11-5-4-6-12-20)27-25(30)23-14-9-17-31-23/h4-14,17,21H,3,15-16,18H2,1-2H3,(H,26,29)(H,27,30). The summed E-state index contributed by atoms with van der Waals surface area (Å²) in [5.41, 5.74) is 3.33. The fraction of sp³-hybridized carbons (Fsp3) is 0.280. The molecule has 1 unspecified atom stereocenters. The molecule has 6 nitrogen and oxygen atoms in total. The summed E-state index contributed by atoms with van der Waals surface area (Å²) in [5.74, 6) is -0.441. The average Bonchev–Trinajstić information content (AvgIpc) is 3.33. The van der Waals surface area contributed by atoms with E-state index in [0.717, 1.165) is 17.8 Å². The molecule has 0 radical (unpaired) electrons. The van der Waals surface area contributed by atoms with Gasteiger partial charge < -0.3 is 20.0 Å². The van der Waals surface area contributed by atoms with Crippen LogP contribution in [0.25, 0.3) is 0 Å². The quantitative estimate of drug-likeness (QED) is 0.527. The van der Waals surface area contributed by atoms with E-state index in [-0.39, 0.29) is 11.7 Å². The number of hydrogen-bond acceptors (Lipinski definition) is 4. The van der Waals surface area contributed by atoms with Crippen LogP contribution < -0.4 is 15.5 Å². The number of benzene rings is 2. The van der Waals surface area contributed by atoms with E-state index in [4.69, 9.17) is 4.42 Å². The number of hydrogen-bond donors (Lipinski definition) is 2. The number of furan rings is 1. The first-order valence-corrected chi connectivity index (χ1v) is 10.5. The van der Waals surface area contributed by atoms with Gasteiger partial charge in [0, 0.05) is 31.7 Å². The van der Waals surface area contributed by atoms with E-state index in [2.05, 4.69) is 41.5 Å². The van der Waals surface area contributed by atoms with Crippen LogP contribution in [0.2, 0.25) is 0 Å². The van der Waals surface area contributed by atoms with Crippen molar-refractivity contribution < 1.29 is 14.0 Å². The van der Waals surface area contributed by atoms with E-state index in [1.807, 2.05) is 42.5 Å². The van der Waals surface area contributed by atoms with Gasteiger partial charge in [-0.05, 0) is 43.2 Å². The van der Waals surface area contributed by atoms with Gasteiger partial charge >= 0.3 is 0 Å². The molecule has 0 saturated carbocycles. The van der Waals surface area contributed by atoms with Gasteiger partial charge in [-0.1, -0.05) is 48.5 Å². The zero-order chi connectivity index (χ0) is 22.1. The molecule has 2 amide bonds. The maximum Gasteiger partial charge on any atom is 0.287 e. The Morgan fingerprint density at radius 1 is 1.00 bits per heavy atom. The zero-order valence-electron chi connectivity index (χ0n) is 18.0. The monoisotopic (exact) mass is 419 g/mol. The first-order valence-electron chi connectivity index (χ1n) is 10.5. The Morgan fingerprint density at radius 2 is 1.74 bits per heavy atom. The van der Waals surface area contributed by atoms with Crippen LogP contribution in [-0.4, -0.2) is 37.5 Å². The van der Waals surface area contributed by atoms with E-state index >= 15 is 0 Å². The first kappa shape index (κ1) is 22.2. The first-order chi connectivity index (χ1) is 15.1. The van der Waals surface area contributed by atoms with E-state index < -0.39 is 11.9 Å². The summed E-state index contributed by atoms with van der Waals surface area (Å²) in [5, 5.41) is 5.78. The molecular weight excluding hydrogens is 390 g/mol. The molecule has 0 aliphatic carbocycles.